The lowest BCUT2D eigenvalue weighted by atomic mass is 9.83. The summed E-state index contributed by atoms with van der Waals surface area (Å²) in [4.78, 5) is 28.8. The summed E-state index contributed by atoms with van der Waals surface area (Å²) in [5, 5.41) is 6.60. The molecule has 0 aromatic heterocycles. The number of carbonyl (C=O) groups is 2. The average Bonchev–Trinajstić information content (AvgIpc) is 2.54. The van der Waals surface area contributed by atoms with Crippen LogP contribution in [0.3, 0.4) is 0 Å². The van der Waals surface area contributed by atoms with Crippen LogP contribution in [-0.2, 0) is 9.63 Å². The monoisotopic (exact) mass is 534 g/mol. The number of hydrogen-bond donors (Lipinski definition) is 1. The lowest BCUT2D eigenvalue weighted by Crippen LogP contribution is -2.46. The van der Waals surface area contributed by atoms with Gasteiger partial charge in [-0.2, -0.15) is 0 Å². The Morgan fingerprint density at radius 1 is 1.32 bits per heavy atom. The summed E-state index contributed by atoms with van der Waals surface area (Å²) in [6.45, 7) is 5.65. The first-order valence-electron chi connectivity index (χ1n) is 7.53. The van der Waals surface area contributed by atoms with Crippen LogP contribution >= 0.6 is 47.8 Å². The topological polar surface area (TPSA) is 67.8 Å². The zero-order valence-electron chi connectivity index (χ0n) is 13.8. The van der Waals surface area contributed by atoms with Gasteiger partial charge in [0, 0.05) is 10.2 Å². The van der Waals surface area contributed by atoms with E-state index in [0.29, 0.717) is 11.4 Å². The second kappa shape index (κ2) is 8.14. The lowest BCUT2D eigenvalue weighted by molar-refractivity contribution is -0.116. The molecule has 0 fully saturated rings. The lowest BCUT2D eigenvalue weighted by Gasteiger charge is -2.33. The van der Waals surface area contributed by atoms with Gasteiger partial charge in [-0.3, -0.25) is 14.9 Å². The molecule has 0 bridgehead atoms. The highest BCUT2D eigenvalue weighted by Crippen LogP contribution is 2.38. The molecule has 0 saturated carbocycles. The molecule has 25 heavy (non-hydrogen) atoms. The number of ketones is 1. The average molecular weight is 537 g/mol. The number of alkyl halides is 2. The Morgan fingerprint density at radius 3 is 2.48 bits per heavy atom. The highest BCUT2D eigenvalue weighted by Gasteiger charge is 2.45. The first kappa shape index (κ1) is 20.3. The number of carbonyl (C=O) groups excluding carboxylic acids is 2. The van der Waals surface area contributed by atoms with Crippen LogP contribution in [0.15, 0.2) is 45.5 Å². The maximum absolute atomic E-state index is 12.3. The molecule has 0 saturated heterocycles. The molecule has 1 aliphatic rings. The van der Waals surface area contributed by atoms with Crippen molar-refractivity contribution in [1.29, 1.82) is 0 Å². The fourth-order valence-corrected chi connectivity index (χ4v) is 3.38. The molecule has 134 valence electrons. The molecule has 1 aliphatic carbocycles. The van der Waals surface area contributed by atoms with E-state index >= 15 is 0 Å². The van der Waals surface area contributed by atoms with Crippen molar-refractivity contribution >= 4 is 71.1 Å². The molecule has 0 aliphatic heterocycles. The van der Waals surface area contributed by atoms with E-state index in [4.69, 9.17) is 4.84 Å². The second-order valence-electron chi connectivity index (χ2n) is 6.04. The largest absolute Gasteiger partial charge is 0.437 e. The maximum Gasteiger partial charge on any atom is 0.437 e. The Hall–Kier alpha value is -0.990. The van der Waals surface area contributed by atoms with Crippen molar-refractivity contribution in [2.75, 3.05) is 5.32 Å². The summed E-state index contributed by atoms with van der Waals surface area (Å²) < 4.78 is 0.0550. The number of anilines is 1. The zero-order chi connectivity index (χ0) is 18.8. The van der Waals surface area contributed by atoms with Crippen LogP contribution in [0, 0.1) is 5.92 Å². The molecule has 1 amide bonds. The summed E-state index contributed by atoms with van der Waals surface area (Å²) in [6.07, 6.45) is 0.845. The van der Waals surface area contributed by atoms with Crippen molar-refractivity contribution in [2.45, 2.75) is 29.9 Å². The minimum absolute atomic E-state index is 0.0589. The van der Waals surface area contributed by atoms with Gasteiger partial charge in [0.25, 0.3) is 0 Å². The van der Waals surface area contributed by atoms with Crippen molar-refractivity contribution in [2.24, 2.45) is 11.1 Å². The van der Waals surface area contributed by atoms with Crippen LogP contribution in [-0.4, -0.2) is 26.7 Å². The first-order chi connectivity index (χ1) is 11.6. The van der Waals surface area contributed by atoms with Gasteiger partial charge < -0.3 is 0 Å². The van der Waals surface area contributed by atoms with Crippen LogP contribution in [0.5, 0.6) is 0 Å². The third-order valence-corrected chi connectivity index (χ3v) is 7.06. The highest BCUT2D eigenvalue weighted by atomic mass is 79.9. The van der Waals surface area contributed by atoms with Crippen molar-refractivity contribution < 1.29 is 14.4 Å². The van der Waals surface area contributed by atoms with Crippen LogP contribution in [0.1, 0.15) is 20.8 Å². The van der Waals surface area contributed by atoms with Crippen molar-refractivity contribution in [3.05, 3.63) is 40.4 Å². The molecular formula is C17H17Br3N2O3. The molecule has 0 heterocycles. The van der Waals surface area contributed by atoms with Crippen molar-refractivity contribution in [1.82, 2.24) is 0 Å². The fourth-order valence-electron chi connectivity index (χ4n) is 2.21. The minimum atomic E-state index is -0.851. The van der Waals surface area contributed by atoms with Crippen LogP contribution in [0.2, 0.25) is 0 Å². The van der Waals surface area contributed by atoms with Gasteiger partial charge in [0.05, 0.1) is 10.5 Å². The van der Waals surface area contributed by atoms with Gasteiger partial charge >= 0.3 is 6.09 Å². The number of oxime groups is 1. The normalized spacial score (nSPS) is 25.1. The molecular weight excluding hydrogens is 520 g/mol. The van der Waals surface area contributed by atoms with E-state index in [2.05, 4.69) is 58.3 Å². The van der Waals surface area contributed by atoms with Gasteiger partial charge in [-0.1, -0.05) is 66.8 Å². The number of allylic oxidation sites excluding steroid dienone is 2. The predicted octanol–water partition coefficient (Wildman–Crippen LogP) is 5.44. The Labute approximate surface area is 171 Å². The van der Waals surface area contributed by atoms with E-state index < -0.39 is 15.2 Å². The van der Waals surface area contributed by atoms with Gasteiger partial charge in [-0.05, 0) is 48.8 Å². The van der Waals surface area contributed by atoms with E-state index in [9.17, 15) is 9.59 Å². The number of amides is 1. The van der Waals surface area contributed by atoms with Gasteiger partial charge in [0.1, 0.15) is 4.32 Å². The number of nitrogens with zero attached hydrogens (tertiary/aromatic N) is 1. The molecule has 2 atom stereocenters. The maximum atomic E-state index is 12.3. The van der Waals surface area contributed by atoms with Gasteiger partial charge in [-0.25, -0.2) is 4.79 Å². The third kappa shape index (κ3) is 4.80. The van der Waals surface area contributed by atoms with Crippen LogP contribution in [0.4, 0.5) is 10.5 Å². The number of benzene rings is 1. The molecule has 2 unspecified atom stereocenters. The summed E-state index contributed by atoms with van der Waals surface area (Å²) in [5.74, 6) is 0.000763. The van der Waals surface area contributed by atoms with Gasteiger partial charge in [0.15, 0.2) is 5.78 Å². The predicted molar refractivity (Wildman–Crippen MR) is 110 cm³/mol. The van der Waals surface area contributed by atoms with E-state index in [-0.39, 0.29) is 11.7 Å². The summed E-state index contributed by atoms with van der Waals surface area (Å²) >= 11 is 10.2. The highest BCUT2D eigenvalue weighted by molar-refractivity contribution is 9.13. The first-order valence-corrected chi connectivity index (χ1v) is 10.0. The van der Waals surface area contributed by atoms with Crippen LogP contribution in [0.25, 0.3) is 0 Å². The van der Waals surface area contributed by atoms with Gasteiger partial charge in [0.2, 0.25) is 0 Å². The smallest absolute Gasteiger partial charge is 0.297 e. The Morgan fingerprint density at radius 2 is 1.92 bits per heavy atom. The number of rotatable bonds is 3. The second-order valence-corrected chi connectivity index (χ2v) is 9.52. The molecule has 8 heteroatoms. The van der Waals surface area contributed by atoms with E-state index in [1.165, 1.54) is 0 Å². The molecule has 2 rings (SSSR count). The van der Waals surface area contributed by atoms with E-state index in [0.717, 1.165) is 10.0 Å². The fraction of sp³-hybridized carbons (Fsp3) is 0.353. The summed E-state index contributed by atoms with van der Waals surface area (Å²) in [6, 6.07) is 7.08. The molecule has 1 aromatic carbocycles. The SMILES string of the molecule is CC(C)C1=CC(=O)C(C)(Br)C(Br)C1=NOC(=O)Nc1ccc(Br)cc1. The molecule has 0 spiro atoms. The molecule has 1 N–H and O–H groups in total. The third-order valence-electron chi connectivity index (χ3n) is 3.72. The Kier molecular flexibility index (Phi) is 6.62. The van der Waals surface area contributed by atoms with Crippen molar-refractivity contribution in [3.8, 4) is 0 Å². The number of halogens is 3. The summed E-state index contributed by atoms with van der Waals surface area (Å²) in [5.41, 5.74) is 1.84. The number of nitrogens with one attached hydrogen (secondary N) is 1. The quantitative estimate of drug-likeness (QED) is 0.318. The van der Waals surface area contributed by atoms with Gasteiger partial charge in [-0.15, -0.1) is 0 Å². The molecule has 1 aromatic rings. The standard InChI is InChI=1S/C17H17Br3N2O3/c1-9(2)12-8-13(23)17(3,20)15(19)14(12)22-25-16(24)21-11-6-4-10(18)5-7-11/h4-9,15H,1-3H3,(H,21,24). The number of hydrogen-bond acceptors (Lipinski definition) is 4. The van der Waals surface area contributed by atoms with Crippen LogP contribution < -0.4 is 5.32 Å². The Balaban J connectivity index is 2.19. The molecule has 0 radical (unpaired) electrons. The zero-order valence-corrected chi connectivity index (χ0v) is 18.6. The van der Waals surface area contributed by atoms with Crippen molar-refractivity contribution in [3.63, 3.8) is 0 Å². The van der Waals surface area contributed by atoms with E-state index in [1.807, 2.05) is 13.8 Å². The van der Waals surface area contributed by atoms with E-state index in [1.54, 1.807) is 37.3 Å². The minimum Gasteiger partial charge on any atom is -0.297 e. The molecule has 5 nitrogen and oxygen atoms in total. The summed E-state index contributed by atoms with van der Waals surface area (Å²) in [7, 11) is 0. The Bertz CT molecular complexity index is 740.